The highest BCUT2D eigenvalue weighted by Gasteiger charge is 2.34. The molecule has 0 aromatic carbocycles. The van der Waals surface area contributed by atoms with Crippen LogP contribution in [-0.2, 0) is 0 Å². The van der Waals surface area contributed by atoms with Gasteiger partial charge in [0.1, 0.15) is 0 Å². The fourth-order valence-electron chi connectivity index (χ4n) is 2.91. The van der Waals surface area contributed by atoms with Crippen molar-refractivity contribution in [3.63, 3.8) is 0 Å². The van der Waals surface area contributed by atoms with Crippen molar-refractivity contribution in [1.29, 1.82) is 0 Å². The standard InChI is InChI=1S/C13H26N2O/c1-10(7-14)11(9-16)12(8-15)13(2)5-3-4-6-13/h10,16H,3-9,14-15H2,1-2H3/b12-11-. The lowest BCUT2D eigenvalue weighted by atomic mass is 9.76. The summed E-state index contributed by atoms with van der Waals surface area (Å²) < 4.78 is 0. The molecule has 0 bridgehead atoms. The maximum atomic E-state index is 9.53. The number of aliphatic hydroxyl groups is 1. The molecule has 1 rings (SSSR count). The summed E-state index contributed by atoms with van der Waals surface area (Å²) in [6.45, 7) is 5.58. The molecule has 1 aliphatic carbocycles. The Morgan fingerprint density at radius 1 is 1.31 bits per heavy atom. The van der Waals surface area contributed by atoms with E-state index in [-0.39, 0.29) is 17.9 Å². The van der Waals surface area contributed by atoms with E-state index in [9.17, 15) is 5.11 Å². The summed E-state index contributed by atoms with van der Waals surface area (Å²) in [6.07, 6.45) is 4.94. The number of nitrogens with two attached hydrogens (primary N) is 2. The molecule has 1 aliphatic rings. The molecule has 0 heterocycles. The minimum atomic E-state index is 0.0977. The van der Waals surface area contributed by atoms with Crippen molar-refractivity contribution in [2.24, 2.45) is 22.8 Å². The molecule has 3 nitrogen and oxygen atoms in total. The van der Waals surface area contributed by atoms with Gasteiger partial charge in [-0.25, -0.2) is 0 Å². The first-order valence-electron chi connectivity index (χ1n) is 6.32. The van der Waals surface area contributed by atoms with Crippen LogP contribution in [-0.4, -0.2) is 24.8 Å². The molecule has 0 spiro atoms. The van der Waals surface area contributed by atoms with Crippen molar-refractivity contribution in [1.82, 2.24) is 0 Å². The van der Waals surface area contributed by atoms with Crippen molar-refractivity contribution in [3.05, 3.63) is 11.1 Å². The van der Waals surface area contributed by atoms with E-state index in [1.54, 1.807) is 0 Å². The zero-order valence-electron chi connectivity index (χ0n) is 10.6. The molecular weight excluding hydrogens is 200 g/mol. The van der Waals surface area contributed by atoms with E-state index < -0.39 is 0 Å². The SMILES string of the molecule is CC(CN)/C(CO)=C(/CN)C1(C)CCCC1. The summed E-state index contributed by atoms with van der Waals surface area (Å²) in [5.41, 5.74) is 14.1. The summed E-state index contributed by atoms with van der Waals surface area (Å²) >= 11 is 0. The molecule has 5 N–H and O–H groups in total. The first-order valence-corrected chi connectivity index (χ1v) is 6.32. The molecular formula is C13H26N2O. The summed E-state index contributed by atoms with van der Waals surface area (Å²) in [5.74, 6) is 0.237. The molecule has 94 valence electrons. The smallest absolute Gasteiger partial charge is 0.0648 e. The predicted octanol–water partition coefficient (Wildman–Crippen LogP) is 1.41. The molecule has 1 unspecified atom stereocenters. The minimum Gasteiger partial charge on any atom is -0.392 e. The average Bonchev–Trinajstić information content (AvgIpc) is 2.72. The number of hydrogen-bond acceptors (Lipinski definition) is 3. The third kappa shape index (κ3) is 2.65. The lowest BCUT2D eigenvalue weighted by molar-refractivity contribution is 0.303. The van der Waals surface area contributed by atoms with Crippen molar-refractivity contribution in [3.8, 4) is 0 Å². The van der Waals surface area contributed by atoms with E-state index in [0.717, 1.165) is 5.57 Å². The van der Waals surface area contributed by atoms with Gasteiger partial charge in [-0.1, -0.05) is 26.7 Å². The molecule has 3 heteroatoms. The maximum Gasteiger partial charge on any atom is 0.0648 e. The lowest BCUT2D eigenvalue weighted by Gasteiger charge is -2.31. The molecule has 0 saturated heterocycles. The fraction of sp³-hybridized carbons (Fsp3) is 0.846. The van der Waals surface area contributed by atoms with Crippen LogP contribution in [0.25, 0.3) is 0 Å². The van der Waals surface area contributed by atoms with Gasteiger partial charge in [0, 0.05) is 6.54 Å². The van der Waals surface area contributed by atoms with E-state index in [2.05, 4.69) is 13.8 Å². The van der Waals surface area contributed by atoms with Crippen LogP contribution in [0, 0.1) is 11.3 Å². The van der Waals surface area contributed by atoms with Crippen molar-refractivity contribution < 1.29 is 5.11 Å². The average molecular weight is 226 g/mol. The van der Waals surface area contributed by atoms with Gasteiger partial charge in [-0.2, -0.15) is 0 Å². The van der Waals surface area contributed by atoms with Crippen molar-refractivity contribution >= 4 is 0 Å². The van der Waals surface area contributed by atoms with Gasteiger partial charge in [0.2, 0.25) is 0 Å². The number of hydrogen-bond donors (Lipinski definition) is 3. The largest absolute Gasteiger partial charge is 0.392 e. The summed E-state index contributed by atoms with van der Waals surface area (Å²) in [4.78, 5) is 0. The Hall–Kier alpha value is -0.380. The molecule has 0 amide bonds. The van der Waals surface area contributed by atoms with Gasteiger partial charge >= 0.3 is 0 Å². The second kappa shape index (κ2) is 5.80. The fourth-order valence-corrected chi connectivity index (χ4v) is 2.91. The van der Waals surface area contributed by atoms with Crippen LogP contribution in [0.3, 0.4) is 0 Å². The van der Waals surface area contributed by atoms with E-state index in [4.69, 9.17) is 11.5 Å². The highest BCUT2D eigenvalue weighted by molar-refractivity contribution is 5.26. The second-order valence-electron chi connectivity index (χ2n) is 5.27. The Morgan fingerprint density at radius 3 is 2.25 bits per heavy atom. The Bertz CT molecular complexity index is 255. The third-order valence-electron chi connectivity index (χ3n) is 4.15. The van der Waals surface area contributed by atoms with Crippen LogP contribution in [0.2, 0.25) is 0 Å². The highest BCUT2D eigenvalue weighted by atomic mass is 16.3. The van der Waals surface area contributed by atoms with Gasteiger partial charge in [-0.3, -0.25) is 0 Å². The van der Waals surface area contributed by atoms with Crippen LogP contribution >= 0.6 is 0 Å². The highest BCUT2D eigenvalue weighted by Crippen LogP contribution is 2.45. The molecule has 1 saturated carbocycles. The normalized spacial score (nSPS) is 23.1. The van der Waals surface area contributed by atoms with Gasteiger partial charge in [0.15, 0.2) is 0 Å². The van der Waals surface area contributed by atoms with E-state index in [1.165, 1.54) is 31.3 Å². The molecule has 0 radical (unpaired) electrons. The predicted molar refractivity (Wildman–Crippen MR) is 68.0 cm³/mol. The number of aliphatic hydroxyl groups excluding tert-OH is 1. The quantitative estimate of drug-likeness (QED) is 0.621. The van der Waals surface area contributed by atoms with Crippen molar-refractivity contribution in [2.75, 3.05) is 19.7 Å². The molecule has 0 aliphatic heterocycles. The van der Waals surface area contributed by atoms with Gasteiger partial charge in [-0.15, -0.1) is 0 Å². The van der Waals surface area contributed by atoms with Crippen molar-refractivity contribution in [2.45, 2.75) is 39.5 Å². The first kappa shape index (κ1) is 13.7. The van der Waals surface area contributed by atoms with Crippen LogP contribution in [0.4, 0.5) is 0 Å². The maximum absolute atomic E-state index is 9.53. The van der Waals surface area contributed by atoms with Gasteiger partial charge in [0.05, 0.1) is 6.61 Å². The van der Waals surface area contributed by atoms with E-state index in [1.807, 2.05) is 0 Å². The molecule has 0 aromatic rings. The summed E-state index contributed by atoms with van der Waals surface area (Å²) in [7, 11) is 0. The van der Waals surface area contributed by atoms with Crippen LogP contribution in [0.15, 0.2) is 11.1 Å². The second-order valence-corrected chi connectivity index (χ2v) is 5.27. The Kier molecular flexibility index (Phi) is 4.96. The van der Waals surface area contributed by atoms with Crippen LogP contribution in [0.1, 0.15) is 39.5 Å². The molecule has 16 heavy (non-hydrogen) atoms. The summed E-state index contributed by atoms with van der Waals surface area (Å²) in [5, 5.41) is 9.53. The topological polar surface area (TPSA) is 72.3 Å². The van der Waals surface area contributed by atoms with E-state index >= 15 is 0 Å². The molecule has 0 aromatic heterocycles. The zero-order chi connectivity index (χ0) is 12.2. The van der Waals surface area contributed by atoms with E-state index in [0.29, 0.717) is 13.1 Å². The summed E-state index contributed by atoms with van der Waals surface area (Å²) in [6, 6.07) is 0. The monoisotopic (exact) mass is 226 g/mol. The number of rotatable bonds is 5. The minimum absolute atomic E-state index is 0.0977. The van der Waals surface area contributed by atoms with Gasteiger partial charge in [0.25, 0.3) is 0 Å². The van der Waals surface area contributed by atoms with Gasteiger partial charge < -0.3 is 16.6 Å². The zero-order valence-corrected chi connectivity index (χ0v) is 10.6. The van der Waals surface area contributed by atoms with Crippen LogP contribution in [0.5, 0.6) is 0 Å². The molecule has 1 atom stereocenters. The Labute approximate surface area is 98.9 Å². The third-order valence-corrected chi connectivity index (χ3v) is 4.15. The first-order chi connectivity index (χ1) is 7.59. The van der Waals surface area contributed by atoms with Gasteiger partial charge in [-0.05, 0) is 41.9 Å². The van der Waals surface area contributed by atoms with Crippen LogP contribution < -0.4 is 11.5 Å². The Morgan fingerprint density at radius 2 is 1.88 bits per heavy atom. The molecule has 1 fully saturated rings. The lowest BCUT2D eigenvalue weighted by Crippen LogP contribution is -2.28. The Balaban J connectivity index is 3.04.